The molecule has 0 radical (unpaired) electrons. The molecule has 0 aromatic heterocycles. The predicted molar refractivity (Wildman–Crippen MR) is 94.6 cm³/mol. The van der Waals surface area contributed by atoms with Crippen molar-refractivity contribution in [3.05, 3.63) is 23.8 Å². The highest BCUT2D eigenvalue weighted by Gasteiger charge is 2.68. The lowest BCUT2D eigenvalue weighted by atomic mass is 9.47. The van der Waals surface area contributed by atoms with Gasteiger partial charge in [-0.1, -0.05) is 26.0 Å². The Morgan fingerprint density at radius 3 is 2.60 bits per heavy atom. The van der Waals surface area contributed by atoms with E-state index in [0.29, 0.717) is 35.9 Å². The third-order valence-electron chi connectivity index (χ3n) is 9.18. The van der Waals surface area contributed by atoms with Gasteiger partial charge in [-0.05, 0) is 79.8 Å². The Morgan fingerprint density at radius 1 is 1.16 bits per heavy atom. The van der Waals surface area contributed by atoms with Gasteiger partial charge in [0.25, 0.3) is 0 Å². The molecule has 134 valence electrons. The molecule has 3 saturated carbocycles. The summed E-state index contributed by atoms with van der Waals surface area (Å²) in [5, 5.41) is 11.2. The van der Waals surface area contributed by atoms with E-state index in [1.807, 2.05) is 6.08 Å². The largest absolute Gasteiger partial charge is 0.382 e. The lowest BCUT2D eigenvalue weighted by Gasteiger charge is -2.57. The molecule has 0 spiro atoms. The standard InChI is InChI=1S/C22H28O3/c1-12(23)22(25)9-7-16-14-5-4-13-10-19(24)15-11-18(15)21(13,3)17(14)6-8-20(16,22)2/h4-5,10,14-18,25H,6-9,11H2,1-3H3/t14-,15?,16-,17-,18-,20-,21-,22-/m0/s1. The molecule has 0 bridgehead atoms. The van der Waals surface area contributed by atoms with E-state index in [4.69, 9.17) is 0 Å². The van der Waals surface area contributed by atoms with Crippen molar-refractivity contribution in [2.75, 3.05) is 0 Å². The van der Waals surface area contributed by atoms with Crippen LogP contribution in [0.2, 0.25) is 0 Å². The Balaban J connectivity index is 1.58. The summed E-state index contributed by atoms with van der Waals surface area (Å²) in [6, 6.07) is 0. The molecule has 25 heavy (non-hydrogen) atoms. The molecule has 3 nitrogen and oxygen atoms in total. The van der Waals surface area contributed by atoms with Crippen molar-refractivity contribution >= 4 is 11.6 Å². The predicted octanol–water partition coefficient (Wildman–Crippen LogP) is 3.47. The number of ketones is 2. The van der Waals surface area contributed by atoms with Gasteiger partial charge in [-0.15, -0.1) is 0 Å². The molecule has 3 fully saturated rings. The Bertz CT molecular complexity index is 748. The molecule has 0 aliphatic heterocycles. The zero-order chi connectivity index (χ0) is 17.8. The van der Waals surface area contributed by atoms with Crippen LogP contribution in [0.3, 0.4) is 0 Å². The maximum Gasteiger partial charge on any atom is 0.161 e. The third-order valence-corrected chi connectivity index (χ3v) is 9.18. The summed E-state index contributed by atoms with van der Waals surface area (Å²) in [7, 11) is 0. The lowest BCUT2D eigenvalue weighted by molar-refractivity contribution is -0.156. The highest BCUT2D eigenvalue weighted by Crippen LogP contribution is 2.70. The van der Waals surface area contributed by atoms with Crippen molar-refractivity contribution in [3.8, 4) is 0 Å². The maximum atomic E-state index is 12.3. The van der Waals surface area contributed by atoms with Gasteiger partial charge in [0, 0.05) is 11.3 Å². The van der Waals surface area contributed by atoms with E-state index >= 15 is 0 Å². The molecular formula is C22H28O3. The van der Waals surface area contributed by atoms with E-state index in [-0.39, 0.29) is 22.5 Å². The molecule has 1 N–H and O–H groups in total. The number of fused-ring (bicyclic) bond motifs is 7. The first-order valence-electron chi connectivity index (χ1n) is 9.91. The van der Waals surface area contributed by atoms with Crippen molar-refractivity contribution in [2.45, 2.75) is 58.5 Å². The van der Waals surface area contributed by atoms with Crippen LogP contribution in [0.15, 0.2) is 23.8 Å². The number of hydrogen-bond donors (Lipinski definition) is 1. The highest BCUT2D eigenvalue weighted by molar-refractivity contribution is 5.97. The van der Waals surface area contributed by atoms with E-state index < -0.39 is 5.60 Å². The molecule has 3 heteroatoms. The first-order valence-corrected chi connectivity index (χ1v) is 9.91. The van der Waals surface area contributed by atoms with Crippen molar-refractivity contribution in [1.82, 2.24) is 0 Å². The number of hydrogen-bond acceptors (Lipinski definition) is 3. The van der Waals surface area contributed by atoms with E-state index in [0.717, 1.165) is 25.7 Å². The van der Waals surface area contributed by atoms with Crippen LogP contribution in [0.25, 0.3) is 0 Å². The molecule has 1 unspecified atom stereocenters. The highest BCUT2D eigenvalue weighted by atomic mass is 16.3. The van der Waals surface area contributed by atoms with Crippen LogP contribution in [-0.2, 0) is 9.59 Å². The van der Waals surface area contributed by atoms with Gasteiger partial charge in [-0.25, -0.2) is 0 Å². The van der Waals surface area contributed by atoms with Gasteiger partial charge in [-0.2, -0.15) is 0 Å². The van der Waals surface area contributed by atoms with Crippen LogP contribution in [-0.4, -0.2) is 22.3 Å². The topological polar surface area (TPSA) is 54.4 Å². The first-order chi connectivity index (χ1) is 11.7. The minimum atomic E-state index is -1.15. The number of rotatable bonds is 1. The maximum absolute atomic E-state index is 12.3. The fourth-order valence-electron chi connectivity index (χ4n) is 7.49. The van der Waals surface area contributed by atoms with Gasteiger partial charge in [0.1, 0.15) is 5.60 Å². The van der Waals surface area contributed by atoms with Crippen LogP contribution in [0.1, 0.15) is 52.9 Å². The minimum absolute atomic E-state index is 0.0620. The SMILES string of the molecule is CC(=O)[C@@]1(O)CC[C@H]2[C@@H]3C=CC4=CC(=O)C5C[C@@H]5[C@]4(C)[C@H]3CC[C@@]21C. The number of aliphatic hydroxyl groups is 1. The second-order valence-corrected chi connectivity index (χ2v) is 9.79. The minimum Gasteiger partial charge on any atom is -0.382 e. The van der Waals surface area contributed by atoms with Gasteiger partial charge >= 0.3 is 0 Å². The fraction of sp³-hybridized carbons (Fsp3) is 0.727. The molecular weight excluding hydrogens is 312 g/mol. The van der Waals surface area contributed by atoms with Crippen molar-refractivity contribution in [2.24, 2.45) is 40.4 Å². The van der Waals surface area contributed by atoms with Gasteiger partial charge in [0.15, 0.2) is 11.6 Å². The fourth-order valence-corrected chi connectivity index (χ4v) is 7.49. The van der Waals surface area contributed by atoms with Gasteiger partial charge in [-0.3, -0.25) is 9.59 Å². The molecule has 0 amide bonds. The van der Waals surface area contributed by atoms with Gasteiger partial charge in [0.05, 0.1) is 0 Å². The molecule has 0 aromatic carbocycles. The second-order valence-electron chi connectivity index (χ2n) is 9.79. The van der Waals surface area contributed by atoms with E-state index in [9.17, 15) is 14.7 Å². The molecule has 0 heterocycles. The third kappa shape index (κ3) is 1.67. The van der Waals surface area contributed by atoms with Crippen LogP contribution in [0.4, 0.5) is 0 Å². The van der Waals surface area contributed by atoms with Crippen molar-refractivity contribution in [1.29, 1.82) is 0 Å². The Hall–Kier alpha value is -1.22. The molecule has 5 aliphatic rings. The summed E-state index contributed by atoms with van der Waals surface area (Å²) in [6.07, 6.45) is 11.0. The van der Waals surface area contributed by atoms with E-state index in [1.165, 1.54) is 5.57 Å². The Kier molecular flexibility index (Phi) is 2.90. The molecule has 8 atom stereocenters. The molecule has 0 aromatic rings. The van der Waals surface area contributed by atoms with Crippen LogP contribution in [0, 0.1) is 40.4 Å². The van der Waals surface area contributed by atoms with Crippen molar-refractivity contribution in [3.63, 3.8) is 0 Å². The average molecular weight is 340 g/mol. The summed E-state index contributed by atoms with van der Waals surface area (Å²) in [5.41, 5.74) is -0.120. The van der Waals surface area contributed by atoms with Crippen LogP contribution < -0.4 is 0 Å². The summed E-state index contributed by atoms with van der Waals surface area (Å²) >= 11 is 0. The lowest BCUT2D eigenvalue weighted by Crippen LogP contribution is -2.56. The van der Waals surface area contributed by atoms with Crippen LogP contribution in [0.5, 0.6) is 0 Å². The quantitative estimate of drug-likeness (QED) is 0.795. The zero-order valence-electron chi connectivity index (χ0n) is 15.4. The molecule has 5 rings (SSSR count). The van der Waals surface area contributed by atoms with E-state index in [1.54, 1.807) is 6.92 Å². The summed E-state index contributed by atoms with van der Waals surface area (Å²) < 4.78 is 0. The smallest absolute Gasteiger partial charge is 0.161 e. The van der Waals surface area contributed by atoms with Crippen molar-refractivity contribution < 1.29 is 14.7 Å². The number of carbonyl (C=O) groups excluding carboxylic acids is 2. The van der Waals surface area contributed by atoms with Crippen LogP contribution >= 0.6 is 0 Å². The monoisotopic (exact) mass is 340 g/mol. The number of carbonyl (C=O) groups is 2. The Morgan fingerprint density at radius 2 is 1.88 bits per heavy atom. The van der Waals surface area contributed by atoms with E-state index in [2.05, 4.69) is 26.0 Å². The van der Waals surface area contributed by atoms with Gasteiger partial charge < -0.3 is 5.11 Å². The number of allylic oxidation sites excluding steroid dienone is 4. The normalized spacial score (nSPS) is 55.6. The summed E-state index contributed by atoms with van der Waals surface area (Å²) in [4.78, 5) is 24.5. The Labute approximate surface area is 149 Å². The average Bonchev–Trinajstić information content (AvgIpc) is 3.32. The first kappa shape index (κ1) is 16.0. The number of Topliss-reactive ketones (excluding diaryl/α,β-unsaturated/α-hetero) is 1. The zero-order valence-corrected chi connectivity index (χ0v) is 15.4. The second kappa shape index (κ2) is 4.54. The summed E-state index contributed by atoms with van der Waals surface area (Å²) in [6.45, 7) is 6.08. The van der Waals surface area contributed by atoms with Gasteiger partial charge in [0.2, 0.25) is 0 Å². The molecule has 0 saturated heterocycles. The molecule has 5 aliphatic carbocycles. The summed E-state index contributed by atoms with van der Waals surface area (Å²) in [5.74, 6) is 2.36.